The van der Waals surface area contributed by atoms with Gasteiger partial charge in [0, 0.05) is 27.8 Å². The van der Waals surface area contributed by atoms with Gasteiger partial charge < -0.3 is 14.0 Å². The van der Waals surface area contributed by atoms with E-state index in [1.54, 1.807) is 0 Å². The number of fused-ring (bicyclic) bond motifs is 7. The topological polar surface area (TPSA) is 23.4 Å². The number of hydrogen-bond acceptors (Lipinski definition) is 2. The Hall–Kier alpha value is -4.96. The van der Waals surface area contributed by atoms with Crippen molar-refractivity contribution in [3.8, 4) is 39.8 Å². The van der Waals surface area contributed by atoms with Crippen LogP contribution in [0.2, 0.25) is 0 Å². The van der Waals surface area contributed by atoms with Gasteiger partial charge in [0.1, 0.15) is 23.0 Å². The lowest BCUT2D eigenvalue weighted by Crippen LogP contribution is -2.57. The lowest BCUT2D eigenvalue weighted by molar-refractivity contribution is 0.464. The van der Waals surface area contributed by atoms with E-state index in [0.29, 0.717) is 0 Å². The molecule has 6 aromatic rings. The molecule has 3 heterocycles. The maximum atomic E-state index is 6.50. The molecule has 0 amide bonds. The lowest BCUT2D eigenvalue weighted by Gasteiger charge is -2.32. The van der Waals surface area contributed by atoms with E-state index in [9.17, 15) is 0 Å². The number of allylic oxidation sites excluding steroid dienone is 1. The van der Waals surface area contributed by atoms with Gasteiger partial charge in [-0.1, -0.05) is 78.9 Å². The molecular formula is C36H24BNO2. The van der Waals surface area contributed by atoms with Crippen LogP contribution in [0.15, 0.2) is 115 Å². The number of aromatic nitrogens is 1. The van der Waals surface area contributed by atoms with Gasteiger partial charge in [-0.2, -0.15) is 0 Å². The molecule has 40 heavy (non-hydrogen) atoms. The first-order valence-electron chi connectivity index (χ1n) is 13.9. The predicted octanol–water partition coefficient (Wildman–Crippen LogP) is 6.98. The zero-order valence-electron chi connectivity index (χ0n) is 21.8. The minimum absolute atomic E-state index is 0.0959. The van der Waals surface area contributed by atoms with Crippen LogP contribution < -0.4 is 25.9 Å². The highest BCUT2D eigenvalue weighted by Gasteiger charge is 2.39. The van der Waals surface area contributed by atoms with Gasteiger partial charge in [-0.05, 0) is 77.4 Å². The molecule has 5 aromatic carbocycles. The Morgan fingerprint density at radius 1 is 0.625 bits per heavy atom. The van der Waals surface area contributed by atoms with Gasteiger partial charge in [0.15, 0.2) is 0 Å². The van der Waals surface area contributed by atoms with Crippen molar-refractivity contribution in [3.05, 3.63) is 127 Å². The molecule has 4 heteroatoms. The predicted molar refractivity (Wildman–Crippen MR) is 164 cm³/mol. The van der Waals surface area contributed by atoms with Gasteiger partial charge in [-0.25, -0.2) is 0 Å². The van der Waals surface area contributed by atoms with Gasteiger partial charge in [0.05, 0.1) is 5.52 Å². The molecular weight excluding hydrogens is 489 g/mol. The van der Waals surface area contributed by atoms with Crippen LogP contribution in [0.25, 0.3) is 33.8 Å². The van der Waals surface area contributed by atoms with Crippen LogP contribution in [0, 0.1) is 0 Å². The first-order chi connectivity index (χ1) is 19.8. The SMILES string of the molecule is C1=Cc2c(n(-c3ccc(-c4ccc5c(c4)Oc4cccc6c4B5c4ccccc4O6)cc3)c3ccccc23)CC1. The number of ether oxygens (including phenoxy) is 2. The monoisotopic (exact) mass is 513 g/mol. The van der Waals surface area contributed by atoms with Crippen molar-refractivity contribution in [2.24, 2.45) is 0 Å². The van der Waals surface area contributed by atoms with E-state index in [4.69, 9.17) is 9.47 Å². The van der Waals surface area contributed by atoms with Crippen LogP contribution in [0.1, 0.15) is 17.7 Å². The summed E-state index contributed by atoms with van der Waals surface area (Å²) in [6.07, 6.45) is 6.72. The van der Waals surface area contributed by atoms with Crippen LogP contribution in [0.3, 0.4) is 0 Å². The molecule has 3 nitrogen and oxygen atoms in total. The van der Waals surface area contributed by atoms with E-state index in [1.165, 1.54) is 44.3 Å². The zero-order valence-corrected chi connectivity index (χ0v) is 21.8. The standard InChI is InChI=1S/C36H24BNO2/c1-4-11-30-26(8-1)27-9-2-5-12-31(27)38(30)25-19-16-23(17-20-25)24-18-21-29-35(22-24)40-34-15-7-14-33-36(34)37(29)28-10-3-6-13-32(28)39-33/h1-4,6-11,13-22H,5,12H2. The quantitative estimate of drug-likeness (QED) is 0.233. The fourth-order valence-electron chi connectivity index (χ4n) is 6.82. The summed E-state index contributed by atoms with van der Waals surface area (Å²) >= 11 is 0. The summed E-state index contributed by atoms with van der Waals surface area (Å²) in [5.41, 5.74) is 11.0. The molecule has 2 aliphatic heterocycles. The third-order valence-electron chi connectivity index (χ3n) is 8.62. The minimum atomic E-state index is 0.0959. The number of rotatable bonds is 2. The van der Waals surface area contributed by atoms with Crippen molar-refractivity contribution in [2.45, 2.75) is 12.8 Å². The van der Waals surface area contributed by atoms with Gasteiger partial charge in [0.2, 0.25) is 0 Å². The molecule has 0 atom stereocenters. The summed E-state index contributed by atoms with van der Waals surface area (Å²) in [5, 5.41) is 1.32. The fraction of sp³-hybridized carbons (Fsp3) is 0.0556. The molecule has 1 aromatic heterocycles. The first kappa shape index (κ1) is 21.9. The van der Waals surface area contributed by atoms with Crippen molar-refractivity contribution in [1.82, 2.24) is 4.57 Å². The number of hydrogen-bond donors (Lipinski definition) is 0. The lowest BCUT2D eigenvalue weighted by atomic mass is 9.35. The summed E-state index contributed by atoms with van der Waals surface area (Å²) in [7, 11) is 0. The van der Waals surface area contributed by atoms with Crippen molar-refractivity contribution in [3.63, 3.8) is 0 Å². The van der Waals surface area contributed by atoms with Gasteiger partial charge in [-0.3, -0.25) is 0 Å². The van der Waals surface area contributed by atoms with Crippen molar-refractivity contribution in [1.29, 1.82) is 0 Å². The normalized spacial score (nSPS) is 14.1. The number of para-hydroxylation sites is 2. The van der Waals surface area contributed by atoms with E-state index in [2.05, 4.69) is 102 Å². The largest absolute Gasteiger partial charge is 0.458 e. The second-order valence-corrected chi connectivity index (χ2v) is 10.8. The number of nitrogens with zero attached hydrogens (tertiary/aromatic N) is 1. The molecule has 0 saturated heterocycles. The van der Waals surface area contributed by atoms with Crippen LogP contribution in [-0.2, 0) is 6.42 Å². The zero-order chi connectivity index (χ0) is 26.2. The first-order valence-corrected chi connectivity index (χ1v) is 13.9. The second kappa shape index (κ2) is 8.27. The Morgan fingerprint density at radius 2 is 1.35 bits per heavy atom. The molecule has 9 rings (SSSR count). The average Bonchev–Trinajstić information content (AvgIpc) is 3.35. The van der Waals surface area contributed by atoms with Crippen LogP contribution in [0.4, 0.5) is 0 Å². The summed E-state index contributed by atoms with van der Waals surface area (Å²) in [6, 6.07) is 38.8. The van der Waals surface area contributed by atoms with Gasteiger partial charge in [0.25, 0.3) is 6.71 Å². The summed E-state index contributed by atoms with van der Waals surface area (Å²) in [4.78, 5) is 0. The van der Waals surface area contributed by atoms with E-state index in [1.807, 2.05) is 24.3 Å². The van der Waals surface area contributed by atoms with E-state index in [0.717, 1.165) is 46.9 Å². The highest BCUT2D eigenvalue weighted by molar-refractivity contribution is 6.98. The third-order valence-corrected chi connectivity index (χ3v) is 8.62. The molecule has 0 fully saturated rings. The van der Waals surface area contributed by atoms with Crippen LogP contribution >= 0.6 is 0 Å². The molecule has 3 aliphatic rings. The summed E-state index contributed by atoms with van der Waals surface area (Å²) in [6.45, 7) is 0.0959. The molecule has 0 saturated carbocycles. The maximum Gasteiger partial charge on any atom is 0.260 e. The van der Waals surface area contributed by atoms with Crippen molar-refractivity contribution >= 4 is 40.1 Å². The number of benzene rings is 5. The van der Waals surface area contributed by atoms with E-state index >= 15 is 0 Å². The smallest absolute Gasteiger partial charge is 0.260 e. The Bertz CT molecular complexity index is 2020. The maximum absolute atomic E-state index is 6.50. The van der Waals surface area contributed by atoms with Gasteiger partial charge in [-0.15, -0.1) is 0 Å². The molecule has 0 unspecified atom stereocenters. The Morgan fingerprint density at radius 3 is 2.25 bits per heavy atom. The summed E-state index contributed by atoms with van der Waals surface area (Å²) in [5.74, 6) is 3.57. The van der Waals surface area contributed by atoms with E-state index in [-0.39, 0.29) is 6.71 Å². The fourth-order valence-corrected chi connectivity index (χ4v) is 6.82. The Balaban J connectivity index is 1.13. The third kappa shape index (κ3) is 3.08. The molecule has 0 radical (unpaired) electrons. The van der Waals surface area contributed by atoms with Gasteiger partial charge >= 0.3 is 0 Å². The molecule has 1 aliphatic carbocycles. The van der Waals surface area contributed by atoms with Crippen molar-refractivity contribution < 1.29 is 9.47 Å². The highest BCUT2D eigenvalue weighted by atomic mass is 16.5. The van der Waals surface area contributed by atoms with Crippen LogP contribution in [-0.4, -0.2) is 11.3 Å². The Labute approximate surface area is 233 Å². The molecule has 0 spiro atoms. The summed E-state index contributed by atoms with van der Waals surface area (Å²) < 4.78 is 15.2. The van der Waals surface area contributed by atoms with Crippen LogP contribution in [0.5, 0.6) is 23.0 Å². The van der Waals surface area contributed by atoms with E-state index < -0.39 is 0 Å². The average molecular weight is 513 g/mol. The highest BCUT2D eigenvalue weighted by Crippen LogP contribution is 2.37. The molecule has 0 bridgehead atoms. The van der Waals surface area contributed by atoms with Crippen molar-refractivity contribution in [2.75, 3.05) is 0 Å². The second-order valence-electron chi connectivity index (χ2n) is 10.8. The Kier molecular flexibility index (Phi) is 4.53. The minimum Gasteiger partial charge on any atom is -0.458 e. The molecule has 0 N–H and O–H groups in total. The molecule has 188 valence electrons.